The highest BCUT2D eigenvalue weighted by Crippen LogP contribution is 2.32. The molecular weight excluding hydrogens is 496 g/mol. The van der Waals surface area contributed by atoms with Crippen LogP contribution in [0.3, 0.4) is 0 Å². The smallest absolute Gasteiger partial charge is 0.258 e. The maximum atomic E-state index is 11.1. The van der Waals surface area contributed by atoms with Crippen molar-refractivity contribution in [1.82, 2.24) is 15.0 Å². The van der Waals surface area contributed by atoms with Crippen molar-refractivity contribution < 1.29 is 24.3 Å². The predicted octanol–water partition coefficient (Wildman–Crippen LogP) is 3.97. The summed E-state index contributed by atoms with van der Waals surface area (Å²) >= 11 is 0. The second-order valence-electron chi connectivity index (χ2n) is 10.8. The van der Waals surface area contributed by atoms with E-state index >= 15 is 0 Å². The Kier molecular flexibility index (Phi) is 9.37. The lowest BCUT2D eigenvalue weighted by Crippen LogP contribution is -2.33. The van der Waals surface area contributed by atoms with Gasteiger partial charge in [0.25, 0.3) is 5.89 Å². The molecule has 39 heavy (non-hydrogen) atoms. The molecule has 9 heteroatoms. The largest absolute Gasteiger partial charge is 0.490 e. The molecule has 1 unspecified atom stereocenters. The molecule has 0 bridgehead atoms. The van der Waals surface area contributed by atoms with Gasteiger partial charge in [0, 0.05) is 24.1 Å². The number of likely N-dealkylation sites (tertiary alicyclic amines) is 1. The molecule has 0 radical (unpaired) electrons. The third kappa shape index (κ3) is 7.23. The Balaban J connectivity index is 1.55. The number of nitrogens with zero attached hydrogens (tertiary/aromatic N) is 3. The summed E-state index contributed by atoms with van der Waals surface area (Å²) in [5, 5.41) is 24.0. The molecule has 1 aromatic heterocycles. The number of carbonyl (C=O) groups excluding carboxylic acids is 1. The van der Waals surface area contributed by atoms with E-state index in [2.05, 4.69) is 42.1 Å². The molecule has 0 aliphatic carbocycles. The number of aryl methyl sites for hydroxylation is 2. The van der Waals surface area contributed by atoms with Gasteiger partial charge in [0.1, 0.15) is 18.5 Å². The van der Waals surface area contributed by atoms with Gasteiger partial charge in [-0.3, -0.25) is 9.69 Å². The first-order valence-corrected chi connectivity index (χ1v) is 13.8. The number of ether oxygens (including phenoxy) is 1. The Morgan fingerprint density at radius 1 is 1.13 bits per heavy atom. The van der Waals surface area contributed by atoms with Gasteiger partial charge >= 0.3 is 0 Å². The molecule has 210 valence electrons. The van der Waals surface area contributed by atoms with Gasteiger partial charge in [-0.1, -0.05) is 32.0 Å². The lowest BCUT2D eigenvalue weighted by Gasteiger charge is -2.18. The zero-order valence-electron chi connectivity index (χ0n) is 23.3. The maximum Gasteiger partial charge on any atom is 0.258 e. The molecule has 4 N–H and O–H groups in total. The number of amides is 1. The van der Waals surface area contributed by atoms with Crippen LogP contribution in [0, 0.1) is 6.92 Å². The minimum absolute atomic E-state index is 0.0736. The van der Waals surface area contributed by atoms with Crippen LogP contribution in [0.2, 0.25) is 0 Å². The van der Waals surface area contributed by atoms with Gasteiger partial charge in [-0.15, -0.1) is 0 Å². The molecule has 1 saturated heterocycles. The van der Waals surface area contributed by atoms with Crippen LogP contribution in [-0.2, 0) is 17.8 Å². The van der Waals surface area contributed by atoms with Crippen molar-refractivity contribution in [2.75, 3.05) is 19.7 Å². The Morgan fingerprint density at radius 2 is 1.87 bits per heavy atom. The summed E-state index contributed by atoms with van der Waals surface area (Å²) in [6, 6.07) is 10.5. The Morgan fingerprint density at radius 3 is 2.54 bits per heavy atom. The average Bonchev–Trinajstić information content (AvgIpc) is 3.60. The lowest BCUT2D eigenvalue weighted by atomic mass is 9.97. The van der Waals surface area contributed by atoms with E-state index in [1.54, 1.807) is 0 Å². The summed E-state index contributed by atoms with van der Waals surface area (Å²) in [7, 11) is 0. The first-order valence-electron chi connectivity index (χ1n) is 13.8. The first kappa shape index (κ1) is 28.7. The van der Waals surface area contributed by atoms with Crippen molar-refractivity contribution in [3.63, 3.8) is 0 Å². The lowest BCUT2D eigenvalue weighted by molar-refractivity contribution is -0.127. The van der Waals surface area contributed by atoms with Gasteiger partial charge in [-0.25, -0.2) is 0 Å². The minimum atomic E-state index is -1.41. The Bertz CT molecular complexity index is 1280. The van der Waals surface area contributed by atoms with Crippen molar-refractivity contribution in [3.8, 4) is 28.6 Å². The second-order valence-corrected chi connectivity index (χ2v) is 10.8. The summed E-state index contributed by atoms with van der Waals surface area (Å²) in [6.07, 6.45) is 0.565. The molecule has 0 spiro atoms. The summed E-state index contributed by atoms with van der Waals surface area (Å²) in [4.78, 5) is 18.3. The number of aromatic nitrogens is 2. The fraction of sp³-hybridized carbons (Fsp3) is 0.500. The van der Waals surface area contributed by atoms with Gasteiger partial charge in [0.05, 0.1) is 6.10 Å². The van der Waals surface area contributed by atoms with Gasteiger partial charge in [-0.2, -0.15) is 4.98 Å². The van der Waals surface area contributed by atoms with Gasteiger partial charge in [0.2, 0.25) is 11.7 Å². The highest BCUT2D eigenvalue weighted by atomic mass is 16.5. The SMILES string of the molecule is CCc1cc(-c2noc(-c3cc(CN4CCCC4)cc(C(C)C)c3)n2)cc(C)c1OC[C@@H](O)CC(O)C(N)=O. The van der Waals surface area contributed by atoms with E-state index in [-0.39, 0.29) is 13.0 Å². The first-order chi connectivity index (χ1) is 18.6. The van der Waals surface area contributed by atoms with Crippen LogP contribution < -0.4 is 10.5 Å². The third-order valence-corrected chi connectivity index (χ3v) is 7.19. The topological polar surface area (TPSA) is 135 Å². The normalized spacial score (nSPS) is 15.6. The monoisotopic (exact) mass is 536 g/mol. The Hall–Kier alpha value is -3.27. The number of hydrogen-bond acceptors (Lipinski definition) is 8. The summed E-state index contributed by atoms with van der Waals surface area (Å²) in [6.45, 7) is 11.4. The Labute approximate surface area is 230 Å². The van der Waals surface area contributed by atoms with Crippen molar-refractivity contribution in [2.24, 2.45) is 5.73 Å². The molecule has 1 amide bonds. The van der Waals surface area contributed by atoms with E-state index in [1.807, 2.05) is 26.0 Å². The molecular formula is C30H40N4O5. The number of carbonyl (C=O) groups is 1. The molecule has 1 aliphatic heterocycles. The van der Waals surface area contributed by atoms with E-state index in [1.165, 1.54) is 24.0 Å². The van der Waals surface area contributed by atoms with Crippen molar-refractivity contribution in [3.05, 3.63) is 52.6 Å². The quantitative estimate of drug-likeness (QED) is 0.316. The number of aliphatic hydroxyl groups excluding tert-OH is 2. The predicted molar refractivity (Wildman–Crippen MR) is 149 cm³/mol. The maximum absolute atomic E-state index is 11.1. The van der Waals surface area contributed by atoms with Crippen molar-refractivity contribution in [2.45, 2.75) is 78.0 Å². The number of nitrogens with two attached hydrogens (primary N) is 1. The van der Waals surface area contributed by atoms with Gasteiger partial charge in [-0.05, 0) is 91.7 Å². The van der Waals surface area contributed by atoms with E-state index < -0.39 is 18.1 Å². The minimum Gasteiger partial charge on any atom is -0.490 e. The second kappa shape index (κ2) is 12.7. The van der Waals surface area contributed by atoms with Crippen LogP contribution in [-0.4, -0.2) is 63.1 Å². The van der Waals surface area contributed by atoms with Gasteiger partial charge < -0.3 is 25.2 Å². The third-order valence-electron chi connectivity index (χ3n) is 7.19. The van der Waals surface area contributed by atoms with E-state index in [0.29, 0.717) is 29.8 Å². The van der Waals surface area contributed by atoms with Crippen molar-refractivity contribution >= 4 is 5.91 Å². The fourth-order valence-corrected chi connectivity index (χ4v) is 4.99. The molecule has 2 atom stereocenters. The van der Waals surface area contributed by atoms with Crippen LogP contribution in [0.4, 0.5) is 0 Å². The van der Waals surface area contributed by atoms with Crippen LogP contribution in [0.5, 0.6) is 5.75 Å². The van der Waals surface area contributed by atoms with Crippen LogP contribution in [0.1, 0.15) is 68.2 Å². The highest BCUT2D eigenvalue weighted by molar-refractivity contribution is 5.78. The van der Waals surface area contributed by atoms with Crippen LogP contribution in [0.25, 0.3) is 22.8 Å². The molecule has 2 aromatic carbocycles. The number of rotatable bonds is 12. The molecule has 1 fully saturated rings. The summed E-state index contributed by atoms with van der Waals surface area (Å²) < 4.78 is 11.6. The molecule has 1 aliphatic rings. The summed E-state index contributed by atoms with van der Waals surface area (Å²) in [5.74, 6) is 1.14. The van der Waals surface area contributed by atoms with Crippen molar-refractivity contribution in [1.29, 1.82) is 0 Å². The molecule has 9 nitrogen and oxygen atoms in total. The number of benzene rings is 2. The number of aliphatic hydroxyl groups is 2. The molecule has 4 rings (SSSR count). The zero-order chi connectivity index (χ0) is 28.1. The zero-order valence-corrected chi connectivity index (χ0v) is 23.3. The molecule has 0 saturated carbocycles. The van der Waals surface area contributed by atoms with E-state index in [4.69, 9.17) is 20.0 Å². The average molecular weight is 537 g/mol. The number of primary amides is 1. The fourth-order valence-electron chi connectivity index (χ4n) is 4.99. The van der Waals surface area contributed by atoms with E-state index in [0.717, 1.165) is 41.9 Å². The standard InChI is InChI=1S/C30H40N4O5/c1-5-21-13-23(10-19(4)27(21)38-17-25(35)15-26(36)28(31)37)29-32-30(39-33-29)24-12-20(11-22(14-24)18(2)3)16-34-8-6-7-9-34/h10-14,18,25-26,35-36H,5-9,15-17H2,1-4H3,(H2,31,37)/t25-,26?/m0/s1. The molecule has 3 aromatic rings. The highest BCUT2D eigenvalue weighted by Gasteiger charge is 2.20. The van der Waals surface area contributed by atoms with Gasteiger partial charge in [0.15, 0.2) is 0 Å². The van der Waals surface area contributed by atoms with Crippen LogP contribution >= 0.6 is 0 Å². The number of hydrogen-bond donors (Lipinski definition) is 3. The molecule has 2 heterocycles. The summed E-state index contributed by atoms with van der Waals surface area (Å²) in [5.41, 5.74) is 11.1. The van der Waals surface area contributed by atoms with E-state index in [9.17, 15) is 15.0 Å². The van der Waals surface area contributed by atoms with Crippen LogP contribution in [0.15, 0.2) is 34.9 Å².